The summed E-state index contributed by atoms with van der Waals surface area (Å²) < 4.78 is 23.9. The Morgan fingerprint density at radius 1 is 1.44 bits per heavy atom. The van der Waals surface area contributed by atoms with E-state index in [0.717, 1.165) is 36.1 Å². The van der Waals surface area contributed by atoms with Crippen molar-refractivity contribution in [1.29, 1.82) is 0 Å². The van der Waals surface area contributed by atoms with Gasteiger partial charge in [0.05, 0.1) is 0 Å². The highest BCUT2D eigenvalue weighted by Gasteiger charge is 2.32. The second-order valence-corrected chi connectivity index (χ2v) is 8.70. The molecule has 1 heterocycles. The molecule has 96 valence electrons. The zero-order valence-electron chi connectivity index (χ0n) is 10.0. The Labute approximate surface area is 108 Å². The van der Waals surface area contributed by atoms with Crippen LogP contribution < -0.4 is 0 Å². The van der Waals surface area contributed by atoms with E-state index in [9.17, 15) is 8.42 Å². The second-order valence-electron chi connectivity index (χ2n) is 3.71. The lowest BCUT2D eigenvalue weighted by Crippen LogP contribution is -2.48. The normalized spacial score (nSPS) is 23.5. The van der Waals surface area contributed by atoms with Crippen molar-refractivity contribution in [2.24, 2.45) is 0 Å². The van der Waals surface area contributed by atoms with E-state index >= 15 is 0 Å². The van der Waals surface area contributed by atoms with Crippen LogP contribution in [0.4, 0.5) is 0 Å². The van der Waals surface area contributed by atoms with Crippen LogP contribution in [0.2, 0.25) is 0 Å². The van der Waals surface area contributed by atoms with E-state index in [1.54, 1.807) is 18.7 Å². The molecular formula is C10H21NO2S3. The van der Waals surface area contributed by atoms with Crippen molar-refractivity contribution in [2.45, 2.75) is 19.2 Å². The molecule has 0 N–H and O–H groups in total. The minimum absolute atomic E-state index is 0.242. The van der Waals surface area contributed by atoms with Crippen LogP contribution in [0.1, 0.15) is 13.8 Å². The van der Waals surface area contributed by atoms with Gasteiger partial charge in [0.2, 0.25) is 0 Å². The summed E-state index contributed by atoms with van der Waals surface area (Å²) in [5.74, 6) is 4.21. The van der Waals surface area contributed by atoms with Crippen LogP contribution in [0, 0.1) is 0 Å². The van der Waals surface area contributed by atoms with E-state index < -0.39 is 9.84 Å². The molecule has 0 aromatic carbocycles. The number of sulfone groups is 1. The lowest BCUT2D eigenvalue weighted by atomic mass is 10.5. The molecule has 3 nitrogen and oxygen atoms in total. The molecule has 16 heavy (non-hydrogen) atoms. The summed E-state index contributed by atoms with van der Waals surface area (Å²) in [6.45, 7) is 5.70. The first-order chi connectivity index (χ1) is 7.61. The van der Waals surface area contributed by atoms with Gasteiger partial charge in [0.1, 0.15) is 5.37 Å². The summed E-state index contributed by atoms with van der Waals surface area (Å²) in [6.07, 6.45) is 0. The molecule has 0 aromatic heterocycles. The molecule has 0 aromatic rings. The van der Waals surface area contributed by atoms with E-state index in [-0.39, 0.29) is 11.1 Å². The molecule has 0 amide bonds. The predicted octanol–water partition coefficient (Wildman–Crippen LogP) is 1.55. The lowest BCUT2D eigenvalue weighted by molar-refractivity contribution is 0.287. The third-order valence-electron chi connectivity index (χ3n) is 2.73. The maximum atomic E-state index is 11.9. The molecule has 0 bridgehead atoms. The van der Waals surface area contributed by atoms with Gasteiger partial charge in [-0.3, -0.25) is 4.90 Å². The molecule has 1 rings (SSSR count). The fourth-order valence-corrected chi connectivity index (χ4v) is 5.48. The van der Waals surface area contributed by atoms with E-state index in [4.69, 9.17) is 0 Å². The first-order valence-corrected chi connectivity index (χ1v) is 9.75. The number of nitrogens with zero attached hydrogens (tertiary/aromatic N) is 1. The SMILES string of the molecule is CCSCCN1CCSCC1S(=O)(=O)CC. The zero-order chi connectivity index (χ0) is 12.0. The molecule has 0 radical (unpaired) electrons. The molecule has 0 spiro atoms. The monoisotopic (exact) mass is 283 g/mol. The highest BCUT2D eigenvalue weighted by molar-refractivity contribution is 8.01. The topological polar surface area (TPSA) is 37.4 Å². The minimum atomic E-state index is -2.91. The molecule has 1 atom stereocenters. The van der Waals surface area contributed by atoms with Gasteiger partial charge in [-0.05, 0) is 5.75 Å². The largest absolute Gasteiger partial charge is 0.285 e. The molecule has 1 unspecified atom stereocenters. The highest BCUT2D eigenvalue weighted by atomic mass is 32.2. The highest BCUT2D eigenvalue weighted by Crippen LogP contribution is 2.21. The van der Waals surface area contributed by atoms with Crippen LogP contribution >= 0.6 is 23.5 Å². The molecule has 0 aliphatic carbocycles. The Kier molecular flexibility index (Phi) is 6.54. The van der Waals surface area contributed by atoms with Gasteiger partial charge >= 0.3 is 0 Å². The zero-order valence-corrected chi connectivity index (χ0v) is 12.5. The molecule has 1 fully saturated rings. The van der Waals surface area contributed by atoms with Gasteiger partial charge in [-0.1, -0.05) is 13.8 Å². The number of hydrogen-bond acceptors (Lipinski definition) is 5. The van der Waals surface area contributed by atoms with Crippen molar-refractivity contribution in [3.8, 4) is 0 Å². The van der Waals surface area contributed by atoms with E-state index in [1.807, 2.05) is 11.8 Å². The second kappa shape index (κ2) is 7.13. The smallest absolute Gasteiger partial charge is 0.166 e. The Bertz CT molecular complexity index is 292. The minimum Gasteiger partial charge on any atom is -0.285 e. The van der Waals surface area contributed by atoms with Crippen molar-refractivity contribution < 1.29 is 8.42 Å². The van der Waals surface area contributed by atoms with Crippen molar-refractivity contribution in [3.05, 3.63) is 0 Å². The molecule has 0 saturated carbocycles. The quantitative estimate of drug-likeness (QED) is 0.691. The van der Waals surface area contributed by atoms with Gasteiger partial charge in [-0.2, -0.15) is 23.5 Å². The van der Waals surface area contributed by atoms with Crippen molar-refractivity contribution in [2.75, 3.05) is 41.9 Å². The summed E-state index contributed by atoms with van der Waals surface area (Å²) in [4.78, 5) is 2.15. The standard InChI is InChI=1S/C10H21NO2S3/c1-3-14-7-5-11-6-8-15-9-10(11)16(12,13)4-2/h10H,3-9H2,1-2H3. The van der Waals surface area contributed by atoms with E-state index in [0.29, 0.717) is 0 Å². The number of thioether (sulfide) groups is 2. The molecule has 1 aliphatic rings. The molecule has 1 saturated heterocycles. The van der Waals surface area contributed by atoms with Crippen LogP contribution in [0.15, 0.2) is 0 Å². The average molecular weight is 283 g/mol. The number of hydrogen-bond donors (Lipinski definition) is 0. The Balaban J connectivity index is 2.57. The third-order valence-corrected chi connectivity index (χ3v) is 6.95. The van der Waals surface area contributed by atoms with Gasteiger partial charge in [0.25, 0.3) is 0 Å². The van der Waals surface area contributed by atoms with Crippen LogP contribution in [-0.2, 0) is 9.84 Å². The Morgan fingerprint density at radius 2 is 2.19 bits per heavy atom. The first kappa shape index (κ1) is 14.7. The van der Waals surface area contributed by atoms with Crippen molar-refractivity contribution >= 4 is 33.4 Å². The van der Waals surface area contributed by atoms with Crippen LogP contribution in [0.25, 0.3) is 0 Å². The first-order valence-electron chi connectivity index (χ1n) is 5.73. The van der Waals surface area contributed by atoms with Crippen molar-refractivity contribution in [1.82, 2.24) is 4.90 Å². The van der Waals surface area contributed by atoms with E-state index in [2.05, 4.69) is 11.8 Å². The summed E-state index contributed by atoms with van der Waals surface area (Å²) in [5, 5.41) is -0.242. The van der Waals surface area contributed by atoms with Crippen LogP contribution in [-0.4, -0.2) is 60.5 Å². The van der Waals surface area contributed by atoms with Gasteiger partial charge in [-0.15, -0.1) is 0 Å². The maximum Gasteiger partial charge on any atom is 0.166 e. The van der Waals surface area contributed by atoms with Crippen molar-refractivity contribution in [3.63, 3.8) is 0 Å². The van der Waals surface area contributed by atoms with Gasteiger partial charge in [0.15, 0.2) is 9.84 Å². The Hall–Kier alpha value is 0.610. The molecule has 6 heteroatoms. The number of rotatable bonds is 6. The lowest BCUT2D eigenvalue weighted by Gasteiger charge is -2.34. The average Bonchev–Trinajstić information content (AvgIpc) is 2.30. The fraction of sp³-hybridized carbons (Fsp3) is 1.00. The van der Waals surface area contributed by atoms with Gasteiger partial charge in [0, 0.05) is 36.1 Å². The summed E-state index contributed by atoms with van der Waals surface area (Å²) in [7, 11) is -2.91. The maximum absolute atomic E-state index is 11.9. The van der Waals surface area contributed by atoms with Gasteiger partial charge < -0.3 is 0 Å². The fourth-order valence-electron chi connectivity index (χ4n) is 1.72. The van der Waals surface area contributed by atoms with Crippen LogP contribution in [0.3, 0.4) is 0 Å². The third kappa shape index (κ3) is 4.13. The predicted molar refractivity (Wildman–Crippen MR) is 75.1 cm³/mol. The Morgan fingerprint density at radius 3 is 2.81 bits per heavy atom. The summed E-state index contributed by atoms with van der Waals surface area (Å²) in [6, 6.07) is 0. The summed E-state index contributed by atoms with van der Waals surface area (Å²) in [5.41, 5.74) is 0. The summed E-state index contributed by atoms with van der Waals surface area (Å²) >= 11 is 3.64. The van der Waals surface area contributed by atoms with E-state index in [1.165, 1.54) is 0 Å². The van der Waals surface area contributed by atoms with Crippen LogP contribution in [0.5, 0.6) is 0 Å². The molecular weight excluding hydrogens is 262 g/mol. The van der Waals surface area contributed by atoms with Gasteiger partial charge in [-0.25, -0.2) is 8.42 Å². The molecule has 1 aliphatic heterocycles.